The van der Waals surface area contributed by atoms with E-state index in [2.05, 4.69) is 43.1 Å². The third-order valence-electron chi connectivity index (χ3n) is 5.97. The largest absolute Gasteiger partial charge is 0.353 e. The van der Waals surface area contributed by atoms with E-state index in [9.17, 15) is 0 Å². The molecule has 1 aliphatic heterocycles. The van der Waals surface area contributed by atoms with Gasteiger partial charge in [0.1, 0.15) is 17.0 Å². The SMILES string of the molecule is CN1CCN(c2nccc3[nH]c(-c4n[nH]c5ccc(-c6ccncc6)nc45)cc23)CC1. The minimum atomic E-state index is 0.812. The normalized spacial score (nSPS) is 15.2. The summed E-state index contributed by atoms with van der Waals surface area (Å²) in [4.78, 5) is 21.9. The molecule has 5 aromatic heterocycles. The maximum absolute atomic E-state index is 4.90. The quantitative estimate of drug-likeness (QED) is 0.474. The highest BCUT2D eigenvalue weighted by Crippen LogP contribution is 2.32. The van der Waals surface area contributed by atoms with Gasteiger partial charge in [0.15, 0.2) is 0 Å². The Morgan fingerprint density at radius 3 is 2.58 bits per heavy atom. The predicted octanol–water partition coefficient (Wildman–Crippen LogP) is 3.32. The Balaban J connectivity index is 1.44. The van der Waals surface area contributed by atoms with Crippen LogP contribution < -0.4 is 4.90 Å². The van der Waals surface area contributed by atoms with Crippen LogP contribution in [0.3, 0.4) is 0 Å². The number of pyridine rings is 3. The molecule has 0 unspecified atom stereocenters. The van der Waals surface area contributed by atoms with E-state index in [0.717, 1.165) is 76.6 Å². The lowest BCUT2D eigenvalue weighted by Crippen LogP contribution is -2.44. The Labute approximate surface area is 179 Å². The molecule has 0 radical (unpaired) electrons. The Morgan fingerprint density at radius 2 is 1.74 bits per heavy atom. The van der Waals surface area contributed by atoms with Gasteiger partial charge in [0.2, 0.25) is 0 Å². The number of hydrogen-bond acceptors (Lipinski definition) is 6. The van der Waals surface area contributed by atoms with Crippen LogP contribution in [0.2, 0.25) is 0 Å². The summed E-state index contributed by atoms with van der Waals surface area (Å²) in [6.45, 7) is 4.04. The fraction of sp³-hybridized carbons (Fsp3) is 0.217. The van der Waals surface area contributed by atoms with Gasteiger partial charge in [-0.1, -0.05) is 0 Å². The summed E-state index contributed by atoms with van der Waals surface area (Å²) in [5.74, 6) is 1.03. The van der Waals surface area contributed by atoms with Gasteiger partial charge in [0.25, 0.3) is 0 Å². The van der Waals surface area contributed by atoms with Crippen molar-refractivity contribution in [3.63, 3.8) is 0 Å². The summed E-state index contributed by atoms with van der Waals surface area (Å²) in [5.41, 5.74) is 6.48. The maximum Gasteiger partial charge on any atom is 0.138 e. The number of aromatic nitrogens is 6. The van der Waals surface area contributed by atoms with Crippen molar-refractivity contribution < 1.29 is 0 Å². The fourth-order valence-electron chi connectivity index (χ4n) is 4.21. The molecule has 0 amide bonds. The number of nitrogens with one attached hydrogen (secondary N) is 2. The molecule has 8 heteroatoms. The highest BCUT2D eigenvalue weighted by atomic mass is 15.3. The third kappa shape index (κ3) is 3.12. The van der Waals surface area contributed by atoms with Gasteiger partial charge in [-0.15, -0.1) is 0 Å². The first-order valence-corrected chi connectivity index (χ1v) is 10.4. The Bertz CT molecular complexity index is 1360. The zero-order chi connectivity index (χ0) is 20.8. The molecule has 8 nitrogen and oxygen atoms in total. The highest BCUT2D eigenvalue weighted by molar-refractivity contribution is 5.98. The molecule has 1 fully saturated rings. The molecule has 0 saturated carbocycles. The summed E-state index contributed by atoms with van der Waals surface area (Å²) in [5, 5.41) is 8.81. The van der Waals surface area contributed by atoms with Crippen molar-refractivity contribution in [2.75, 3.05) is 38.1 Å². The summed E-state index contributed by atoms with van der Waals surface area (Å²) in [6, 6.07) is 12.1. The van der Waals surface area contributed by atoms with Gasteiger partial charge in [0, 0.05) is 55.7 Å². The number of piperazine rings is 1. The number of likely N-dealkylation sites (N-methyl/N-ethyl adjacent to an activating group) is 1. The Kier molecular flexibility index (Phi) is 4.17. The van der Waals surface area contributed by atoms with Crippen LogP contribution in [0.4, 0.5) is 5.82 Å². The van der Waals surface area contributed by atoms with E-state index in [0.29, 0.717) is 0 Å². The lowest BCUT2D eigenvalue weighted by Gasteiger charge is -2.33. The van der Waals surface area contributed by atoms with Crippen LogP contribution >= 0.6 is 0 Å². The number of fused-ring (bicyclic) bond motifs is 2. The van der Waals surface area contributed by atoms with Crippen molar-refractivity contribution in [2.24, 2.45) is 0 Å². The van der Waals surface area contributed by atoms with Crippen LogP contribution in [-0.2, 0) is 0 Å². The molecule has 0 aliphatic carbocycles. The number of aromatic amines is 2. The summed E-state index contributed by atoms with van der Waals surface area (Å²) in [6.07, 6.45) is 5.43. The van der Waals surface area contributed by atoms with E-state index in [1.54, 1.807) is 12.4 Å². The second-order valence-electron chi connectivity index (χ2n) is 7.97. The van der Waals surface area contributed by atoms with Crippen molar-refractivity contribution in [3.8, 4) is 22.6 Å². The Hall–Kier alpha value is -3.78. The number of anilines is 1. The van der Waals surface area contributed by atoms with Crippen LogP contribution in [0.25, 0.3) is 44.6 Å². The fourth-order valence-corrected chi connectivity index (χ4v) is 4.21. The van der Waals surface area contributed by atoms with Crippen molar-refractivity contribution in [3.05, 3.63) is 55.0 Å². The van der Waals surface area contributed by atoms with Gasteiger partial charge in [-0.05, 0) is 43.4 Å². The van der Waals surface area contributed by atoms with Crippen LogP contribution in [0.5, 0.6) is 0 Å². The van der Waals surface area contributed by atoms with Crippen molar-refractivity contribution >= 4 is 27.8 Å². The number of H-pyrrole nitrogens is 2. The molecule has 0 aromatic carbocycles. The van der Waals surface area contributed by atoms with Crippen LogP contribution in [-0.4, -0.2) is 68.3 Å². The number of nitrogens with zero attached hydrogens (tertiary/aromatic N) is 6. The molecule has 1 saturated heterocycles. The van der Waals surface area contributed by atoms with Crippen LogP contribution in [0, 0.1) is 0 Å². The summed E-state index contributed by atoms with van der Waals surface area (Å²) >= 11 is 0. The van der Waals surface area contributed by atoms with E-state index in [1.807, 2.05) is 36.5 Å². The molecule has 1 aliphatic rings. The predicted molar refractivity (Wildman–Crippen MR) is 122 cm³/mol. The van der Waals surface area contributed by atoms with Gasteiger partial charge in [-0.2, -0.15) is 5.10 Å². The average Bonchev–Trinajstić information content (AvgIpc) is 3.43. The van der Waals surface area contributed by atoms with E-state index in [-0.39, 0.29) is 0 Å². The maximum atomic E-state index is 4.90. The molecule has 6 heterocycles. The van der Waals surface area contributed by atoms with Crippen molar-refractivity contribution in [2.45, 2.75) is 0 Å². The van der Waals surface area contributed by atoms with E-state index >= 15 is 0 Å². The molecular formula is C23H22N8. The molecule has 0 spiro atoms. The van der Waals surface area contributed by atoms with Crippen molar-refractivity contribution in [1.29, 1.82) is 0 Å². The summed E-state index contributed by atoms with van der Waals surface area (Å²) < 4.78 is 0. The van der Waals surface area contributed by atoms with Gasteiger partial charge in [-0.3, -0.25) is 10.1 Å². The first-order chi connectivity index (χ1) is 15.3. The minimum absolute atomic E-state index is 0.812. The topological polar surface area (TPSA) is 89.6 Å². The van der Waals surface area contributed by atoms with Crippen molar-refractivity contribution in [1.82, 2.24) is 35.0 Å². The summed E-state index contributed by atoms with van der Waals surface area (Å²) in [7, 11) is 2.16. The van der Waals surface area contributed by atoms with Gasteiger partial charge >= 0.3 is 0 Å². The molecule has 2 N–H and O–H groups in total. The van der Waals surface area contributed by atoms with Gasteiger partial charge in [-0.25, -0.2) is 9.97 Å². The molecule has 6 rings (SSSR count). The Morgan fingerprint density at radius 1 is 0.903 bits per heavy atom. The third-order valence-corrected chi connectivity index (χ3v) is 5.97. The lowest BCUT2D eigenvalue weighted by molar-refractivity contribution is 0.312. The van der Waals surface area contributed by atoms with Gasteiger partial charge < -0.3 is 14.8 Å². The second-order valence-corrected chi connectivity index (χ2v) is 7.97. The molecule has 0 atom stereocenters. The number of hydrogen-bond donors (Lipinski definition) is 2. The van der Waals surface area contributed by atoms with E-state index in [1.165, 1.54) is 0 Å². The zero-order valence-electron chi connectivity index (χ0n) is 17.2. The van der Waals surface area contributed by atoms with E-state index < -0.39 is 0 Å². The monoisotopic (exact) mass is 410 g/mol. The lowest BCUT2D eigenvalue weighted by atomic mass is 10.1. The zero-order valence-corrected chi connectivity index (χ0v) is 17.2. The molecule has 5 aromatic rings. The smallest absolute Gasteiger partial charge is 0.138 e. The molecule has 154 valence electrons. The first kappa shape index (κ1) is 18.0. The second kappa shape index (κ2) is 7.17. The van der Waals surface area contributed by atoms with E-state index in [4.69, 9.17) is 9.97 Å². The van der Waals surface area contributed by atoms with Gasteiger partial charge in [0.05, 0.1) is 22.4 Å². The van der Waals surface area contributed by atoms with Crippen LogP contribution in [0.1, 0.15) is 0 Å². The first-order valence-electron chi connectivity index (χ1n) is 10.4. The number of rotatable bonds is 3. The molecular weight excluding hydrogens is 388 g/mol. The van der Waals surface area contributed by atoms with Crippen LogP contribution in [0.15, 0.2) is 55.0 Å². The average molecular weight is 410 g/mol. The minimum Gasteiger partial charge on any atom is -0.353 e. The molecule has 31 heavy (non-hydrogen) atoms. The highest BCUT2D eigenvalue weighted by Gasteiger charge is 2.20. The standard InChI is InChI=1S/C23H22N8/c1-30-10-12-31(13-11-30)23-16-14-20(26-18(16)6-9-25-23)22-21-19(28-29-22)3-2-17(27-21)15-4-7-24-8-5-15/h2-9,14,26H,10-13H2,1H3,(H,28,29). The molecule has 0 bridgehead atoms.